The maximum Gasteiger partial charge on any atom is 0.242 e. The molecule has 0 radical (unpaired) electrons. The smallest absolute Gasteiger partial charge is 0.242 e. The second-order valence-electron chi connectivity index (χ2n) is 5.10. The molecule has 2 N–H and O–H groups in total. The van der Waals surface area contributed by atoms with E-state index in [9.17, 15) is 4.79 Å². The zero-order valence-corrected chi connectivity index (χ0v) is 14.1. The number of nitrogens with one attached hydrogen (secondary N) is 2. The molecule has 0 aromatic heterocycles. The summed E-state index contributed by atoms with van der Waals surface area (Å²) >= 11 is 3.52. The number of piperazine rings is 1. The lowest BCUT2D eigenvalue weighted by atomic mass is 10.1. The SMILES string of the molecule is COCCNCc1ccc(Br)cc1N1CCNC(=O)C1C. The van der Waals surface area contributed by atoms with E-state index in [1.54, 1.807) is 7.11 Å². The predicted molar refractivity (Wildman–Crippen MR) is 87.5 cm³/mol. The second-order valence-corrected chi connectivity index (χ2v) is 6.02. The topological polar surface area (TPSA) is 53.6 Å². The maximum absolute atomic E-state index is 11.9. The van der Waals surface area contributed by atoms with Crippen LogP contribution in [0.25, 0.3) is 0 Å². The second kappa shape index (κ2) is 7.77. The standard InChI is InChI=1S/C15H22BrN3O2/c1-11-15(20)18-5-7-19(11)14-9-13(16)4-3-12(14)10-17-6-8-21-2/h3-4,9,11,17H,5-8,10H2,1-2H3,(H,18,20). The third-order valence-electron chi connectivity index (χ3n) is 3.65. The third kappa shape index (κ3) is 4.18. The van der Waals surface area contributed by atoms with Gasteiger partial charge in [-0.2, -0.15) is 0 Å². The number of amides is 1. The number of nitrogens with zero attached hydrogens (tertiary/aromatic N) is 1. The molecule has 1 heterocycles. The van der Waals surface area contributed by atoms with Crippen molar-refractivity contribution in [3.05, 3.63) is 28.2 Å². The van der Waals surface area contributed by atoms with E-state index in [0.717, 1.165) is 29.8 Å². The average Bonchev–Trinajstić information content (AvgIpc) is 2.48. The van der Waals surface area contributed by atoms with Gasteiger partial charge in [-0.1, -0.05) is 22.0 Å². The van der Waals surface area contributed by atoms with Crippen molar-refractivity contribution in [2.75, 3.05) is 38.3 Å². The molecule has 1 amide bonds. The number of ether oxygens (including phenoxy) is 1. The Hall–Kier alpha value is -1.11. The zero-order chi connectivity index (χ0) is 15.2. The van der Waals surface area contributed by atoms with Crippen LogP contribution in [0.15, 0.2) is 22.7 Å². The normalized spacial score (nSPS) is 18.7. The lowest BCUT2D eigenvalue weighted by molar-refractivity contribution is -0.122. The van der Waals surface area contributed by atoms with Crippen molar-refractivity contribution in [2.24, 2.45) is 0 Å². The van der Waals surface area contributed by atoms with Gasteiger partial charge >= 0.3 is 0 Å². The van der Waals surface area contributed by atoms with Crippen LogP contribution >= 0.6 is 15.9 Å². The largest absolute Gasteiger partial charge is 0.383 e. The molecule has 1 unspecified atom stereocenters. The van der Waals surface area contributed by atoms with Gasteiger partial charge in [-0.05, 0) is 24.6 Å². The van der Waals surface area contributed by atoms with Crippen molar-refractivity contribution < 1.29 is 9.53 Å². The van der Waals surface area contributed by atoms with Crippen molar-refractivity contribution in [2.45, 2.75) is 19.5 Å². The fourth-order valence-corrected chi connectivity index (χ4v) is 2.81. The highest BCUT2D eigenvalue weighted by atomic mass is 79.9. The number of anilines is 1. The minimum absolute atomic E-state index is 0.0829. The van der Waals surface area contributed by atoms with E-state index in [4.69, 9.17) is 4.74 Å². The molecule has 1 aliphatic heterocycles. The molecule has 0 spiro atoms. The molecule has 2 rings (SSSR count). The fourth-order valence-electron chi connectivity index (χ4n) is 2.46. The Balaban J connectivity index is 2.16. The summed E-state index contributed by atoms with van der Waals surface area (Å²) in [5.74, 6) is 0.0829. The number of rotatable bonds is 6. The van der Waals surface area contributed by atoms with Gasteiger partial charge in [0.2, 0.25) is 5.91 Å². The molecule has 1 aliphatic rings. The monoisotopic (exact) mass is 355 g/mol. The summed E-state index contributed by atoms with van der Waals surface area (Å²) in [6.07, 6.45) is 0. The first-order valence-corrected chi connectivity index (χ1v) is 7.95. The van der Waals surface area contributed by atoms with Crippen LogP contribution < -0.4 is 15.5 Å². The Bertz CT molecular complexity index is 496. The van der Waals surface area contributed by atoms with Gasteiger partial charge in [-0.3, -0.25) is 4.79 Å². The van der Waals surface area contributed by atoms with E-state index in [1.165, 1.54) is 5.56 Å². The van der Waals surface area contributed by atoms with Crippen LogP contribution in [0.5, 0.6) is 0 Å². The molecule has 6 heteroatoms. The minimum Gasteiger partial charge on any atom is -0.383 e. The molecule has 21 heavy (non-hydrogen) atoms. The highest BCUT2D eigenvalue weighted by Gasteiger charge is 2.27. The van der Waals surface area contributed by atoms with Crippen LogP contribution in [0.2, 0.25) is 0 Å². The first-order chi connectivity index (χ1) is 10.1. The number of hydrogen-bond donors (Lipinski definition) is 2. The van der Waals surface area contributed by atoms with Gasteiger partial charge in [0.25, 0.3) is 0 Å². The Morgan fingerprint density at radius 3 is 3.10 bits per heavy atom. The Morgan fingerprint density at radius 2 is 2.33 bits per heavy atom. The van der Waals surface area contributed by atoms with Crippen molar-refractivity contribution in [3.8, 4) is 0 Å². The molecular weight excluding hydrogens is 334 g/mol. The number of hydrogen-bond acceptors (Lipinski definition) is 4. The molecule has 0 bridgehead atoms. The Kier molecular flexibility index (Phi) is 6.02. The summed E-state index contributed by atoms with van der Waals surface area (Å²) in [6, 6.07) is 6.07. The molecule has 1 atom stereocenters. The van der Waals surface area contributed by atoms with Gasteiger partial charge in [-0.15, -0.1) is 0 Å². The third-order valence-corrected chi connectivity index (χ3v) is 4.15. The quantitative estimate of drug-likeness (QED) is 0.759. The molecular formula is C15H22BrN3O2. The molecule has 0 saturated carbocycles. The number of benzene rings is 1. The van der Waals surface area contributed by atoms with Gasteiger partial charge in [0.05, 0.1) is 6.61 Å². The highest BCUT2D eigenvalue weighted by Crippen LogP contribution is 2.27. The first kappa shape index (κ1) is 16.3. The van der Waals surface area contributed by atoms with E-state index in [2.05, 4.69) is 43.6 Å². The summed E-state index contributed by atoms with van der Waals surface area (Å²) in [5, 5.41) is 6.26. The summed E-state index contributed by atoms with van der Waals surface area (Å²) in [7, 11) is 1.70. The molecule has 0 aliphatic carbocycles. The number of carbonyl (C=O) groups is 1. The molecule has 1 aromatic carbocycles. The van der Waals surface area contributed by atoms with Crippen LogP contribution in [0.1, 0.15) is 12.5 Å². The van der Waals surface area contributed by atoms with E-state index < -0.39 is 0 Å². The molecule has 1 fully saturated rings. The van der Waals surface area contributed by atoms with Crippen LogP contribution in [0, 0.1) is 0 Å². The van der Waals surface area contributed by atoms with Gasteiger partial charge in [0.1, 0.15) is 6.04 Å². The zero-order valence-electron chi connectivity index (χ0n) is 12.5. The number of methoxy groups -OCH3 is 1. The molecule has 1 saturated heterocycles. The lowest BCUT2D eigenvalue weighted by Crippen LogP contribution is -2.54. The maximum atomic E-state index is 11.9. The number of halogens is 1. The average molecular weight is 356 g/mol. The summed E-state index contributed by atoms with van der Waals surface area (Å²) in [6.45, 7) is 5.71. The highest BCUT2D eigenvalue weighted by molar-refractivity contribution is 9.10. The van der Waals surface area contributed by atoms with Crippen LogP contribution in [-0.4, -0.2) is 45.3 Å². The van der Waals surface area contributed by atoms with Gasteiger partial charge in [0.15, 0.2) is 0 Å². The molecule has 5 nitrogen and oxygen atoms in total. The van der Waals surface area contributed by atoms with Crippen molar-refractivity contribution in [1.82, 2.24) is 10.6 Å². The Morgan fingerprint density at radius 1 is 1.52 bits per heavy atom. The van der Waals surface area contributed by atoms with Crippen molar-refractivity contribution >= 4 is 27.5 Å². The van der Waals surface area contributed by atoms with E-state index in [0.29, 0.717) is 13.2 Å². The van der Waals surface area contributed by atoms with Crippen molar-refractivity contribution in [3.63, 3.8) is 0 Å². The summed E-state index contributed by atoms with van der Waals surface area (Å²) < 4.78 is 6.07. The first-order valence-electron chi connectivity index (χ1n) is 7.16. The lowest BCUT2D eigenvalue weighted by Gasteiger charge is -2.36. The van der Waals surface area contributed by atoms with Crippen LogP contribution in [0.3, 0.4) is 0 Å². The van der Waals surface area contributed by atoms with E-state index in [-0.39, 0.29) is 11.9 Å². The molecule has 1 aromatic rings. The van der Waals surface area contributed by atoms with Crippen LogP contribution in [-0.2, 0) is 16.1 Å². The van der Waals surface area contributed by atoms with Gasteiger partial charge in [-0.25, -0.2) is 0 Å². The fraction of sp³-hybridized carbons (Fsp3) is 0.533. The van der Waals surface area contributed by atoms with E-state index in [1.807, 2.05) is 13.0 Å². The van der Waals surface area contributed by atoms with Crippen molar-refractivity contribution in [1.29, 1.82) is 0 Å². The van der Waals surface area contributed by atoms with Gasteiger partial charge in [0, 0.05) is 43.4 Å². The minimum atomic E-state index is -0.147. The summed E-state index contributed by atoms with van der Waals surface area (Å²) in [5.41, 5.74) is 2.30. The van der Waals surface area contributed by atoms with Gasteiger partial charge < -0.3 is 20.3 Å². The number of carbonyl (C=O) groups excluding carboxylic acids is 1. The predicted octanol–water partition coefficient (Wildman–Crippen LogP) is 1.51. The molecule has 116 valence electrons. The van der Waals surface area contributed by atoms with E-state index >= 15 is 0 Å². The Labute approximate surface area is 134 Å². The summed E-state index contributed by atoms with van der Waals surface area (Å²) in [4.78, 5) is 14.0. The van der Waals surface area contributed by atoms with Crippen LogP contribution in [0.4, 0.5) is 5.69 Å².